The SMILES string of the molecule is CC(C)C[C@H](NC(=O)[C@@H](CC(=O)[C@H](CC(C)C)NC(=O)c1cnccn1)Cc1ccccc1)B1OC2CC3C[C@@H](C3(C)C)[C@]2(C)O1. The molecular formula is C36H51BN4O5. The molecule has 1 saturated heterocycles. The van der Waals surface area contributed by atoms with Crippen LogP contribution < -0.4 is 10.6 Å². The number of carbonyl (C=O) groups excluding carboxylic acids is 3. The fraction of sp³-hybridized carbons (Fsp3) is 0.639. The highest BCUT2D eigenvalue weighted by atomic mass is 16.7. The predicted octanol–water partition coefficient (Wildman–Crippen LogP) is 5.24. The Morgan fingerprint density at radius 3 is 2.33 bits per heavy atom. The summed E-state index contributed by atoms with van der Waals surface area (Å²) in [5.41, 5.74) is 0.948. The first-order valence-corrected chi connectivity index (χ1v) is 17.0. The molecular weight excluding hydrogens is 579 g/mol. The summed E-state index contributed by atoms with van der Waals surface area (Å²) in [5.74, 6) is -0.359. The van der Waals surface area contributed by atoms with E-state index in [0.29, 0.717) is 37.0 Å². The topological polar surface area (TPSA) is 120 Å². The van der Waals surface area contributed by atoms with Gasteiger partial charge in [-0.25, -0.2) is 4.98 Å². The molecule has 0 spiro atoms. The number of Topliss-reactive ketones (excluding diaryl/α,β-unsaturated/α-hetero) is 1. The van der Waals surface area contributed by atoms with Gasteiger partial charge in [0, 0.05) is 24.7 Å². The van der Waals surface area contributed by atoms with E-state index in [1.807, 2.05) is 44.2 Å². The Morgan fingerprint density at radius 2 is 1.70 bits per heavy atom. The van der Waals surface area contributed by atoms with Crippen LogP contribution in [0.3, 0.4) is 0 Å². The second-order valence-corrected chi connectivity index (χ2v) is 15.4. The lowest BCUT2D eigenvalue weighted by molar-refractivity contribution is -0.199. The molecule has 4 fully saturated rings. The number of benzene rings is 1. The zero-order valence-electron chi connectivity index (χ0n) is 28.5. The minimum Gasteiger partial charge on any atom is -0.404 e. The predicted molar refractivity (Wildman–Crippen MR) is 177 cm³/mol. The van der Waals surface area contributed by atoms with Gasteiger partial charge in [0.25, 0.3) is 5.91 Å². The number of amides is 2. The normalized spacial score (nSPS) is 26.5. The third-order valence-corrected chi connectivity index (χ3v) is 10.7. The maximum absolute atomic E-state index is 14.2. The number of hydrogen-bond acceptors (Lipinski definition) is 7. The average Bonchev–Trinajstić information content (AvgIpc) is 3.37. The standard InChI is InChI=1S/C36H51BN4O5/c1-22(2)15-27(40-34(44)28-21-38-13-14-39-28)29(42)18-25(17-24-11-9-8-10-12-24)33(43)41-32(16-23(3)4)37-45-31-20-26-19-30(35(26,5)6)36(31,7)46-37/h8-14,21-23,25-27,30-32H,15-20H2,1-7H3,(H,40,44)(H,41,43)/t25-,26?,27+,30+,31?,32+,36+/m1/s1. The van der Waals surface area contributed by atoms with E-state index in [-0.39, 0.29) is 52.8 Å². The van der Waals surface area contributed by atoms with Crippen molar-refractivity contribution >= 4 is 24.7 Å². The number of aromatic nitrogens is 2. The zero-order chi connectivity index (χ0) is 33.2. The van der Waals surface area contributed by atoms with Crippen LogP contribution in [0.5, 0.6) is 0 Å². The molecule has 9 nitrogen and oxygen atoms in total. The molecule has 2 bridgehead atoms. The van der Waals surface area contributed by atoms with E-state index in [1.54, 1.807) is 0 Å². The third-order valence-electron chi connectivity index (χ3n) is 10.7. The van der Waals surface area contributed by atoms with Crippen LogP contribution in [0, 0.1) is 35.0 Å². The van der Waals surface area contributed by atoms with Gasteiger partial charge in [-0.2, -0.15) is 0 Å². The van der Waals surface area contributed by atoms with Gasteiger partial charge >= 0.3 is 7.12 Å². The Balaban J connectivity index is 1.34. The van der Waals surface area contributed by atoms with E-state index in [0.717, 1.165) is 18.4 Å². The van der Waals surface area contributed by atoms with E-state index >= 15 is 0 Å². The minimum absolute atomic E-state index is 0.0113. The lowest BCUT2D eigenvalue weighted by Gasteiger charge is -2.64. The lowest BCUT2D eigenvalue weighted by atomic mass is 9.43. The van der Waals surface area contributed by atoms with Gasteiger partial charge < -0.3 is 19.9 Å². The van der Waals surface area contributed by atoms with Gasteiger partial charge in [-0.1, -0.05) is 71.9 Å². The quantitative estimate of drug-likeness (QED) is 0.274. The molecule has 2 aromatic rings. The number of ketones is 1. The molecule has 248 valence electrons. The number of nitrogens with zero attached hydrogens (tertiary/aromatic N) is 2. The van der Waals surface area contributed by atoms with Crippen LogP contribution in [0.25, 0.3) is 0 Å². The number of nitrogens with one attached hydrogen (secondary N) is 2. The van der Waals surface area contributed by atoms with E-state index in [9.17, 15) is 14.4 Å². The summed E-state index contributed by atoms with van der Waals surface area (Å²) in [4.78, 5) is 49.1. The summed E-state index contributed by atoms with van der Waals surface area (Å²) in [6.07, 6.45) is 7.96. The van der Waals surface area contributed by atoms with Crippen LogP contribution in [0.4, 0.5) is 0 Å². The van der Waals surface area contributed by atoms with E-state index in [4.69, 9.17) is 9.31 Å². The largest absolute Gasteiger partial charge is 0.481 e. The molecule has 2 unspecified atom stereocenters. The first kappa shape index (κ1) is 34.2. The van der Waals surface area contributed by atoms with Crippen molar-refractivity contribution in [3.05, 3.63) is 60.2 Å². The number of carbonyl (C=O) groups is 3. The van der Waals surface area contributed by atoms with Crippen LogP contribution in [0.1, 0.15) is 96.6 Å². The van der Waals surface area contributed by atoms with Crippen LogP contribution in [0.2, 0.25) is 0 Å². The number of hydrogen-bond donors (Lipinski definition) is 2. The van der Waals surface area contributed by atoms with Crippen molar-refractivity contribution in [2.75, 3.05) is 0 Å². The van der Waals surface area contributed by atoms with Gasteiger partial charge in [-0.05, 0) is 73.7 Å². The van der Waals surface area contributed by atoms with Crippen molar-refractivity contribution in [1.82, 2.24) is 20.6 Å². The summed E-state index contributed by atoms with van der Waals surface area (Å²) in [5, 5.41) is 6.16. The van der Waals surface area contributed by atoms with Crippen molar-refractivity contribution in [2.45, 2.75) is 111 Å². The van der Waals surface area contributed by atoms with Crippen molar-refractivity contribution in [1.29, 1.82) is 0 Å². The maximum atomic E-state index is 14.2. The molecule has 3 aliphatic carbocycles. The summed E-state index contributed by atoms with van der Waals surface area (Å²) in [6.45, 7) is 15.1. The Bertz CT molecular complexity index is 1370. The first-order chi connectivity index (χ1) is 21.8. The van der Waals surface area contributed by atoms with Gasteiger partial charge in [-0.15, -0.1) is 0 Å². The highest BCUT2D eigenvalue weighted by molar-refractivity contribution is 6.47. The Labute approximate surface area is 274 Å². The van der Waals surface area contributed by atoms with Gasteiger partial charge in [0.15, 0.2) is 5.78 Å². The maximum Gasteiger partial charge on any atom is 0.481 e. The first-order valence-electron chi connectivity index (χ1n) is 17.0. The molecule has 2 N–H and O–H groups in total. The van der Waals surface area contributed by atoms with Gasteiger partial charge in [0.05, 0.1) is 29.9 Å². The van der Waals surface area contributed by atoms with Crippen LogP contribution in [0.15, 0.2) is 48.9 Å². The molecule has 1 aromatic heterocycles. The zero-order valence-corrected chi connectivity index (χ0v) is 28.5. The molecule has 10 heteroatoms. The number of rotatable bonds is 14. The van der Waals surface area contributed by atoms with E-state index in [1.165, 1.54) is 18.6 Å². The van der Waals surface area contributed by atoms with E-state index in [2.05, 4.69) is 55.2 Å². The molecule has 4 aliphatic rings. The third kappa shape index (κ3) is 7.38. The summed E-state index contributed by atoms with van der Waals surface area (Å²) in [7, 11) is -0.551. The van der Waals surface area contributed by atoms with Crippen molar-refractivity contribution < 1.29 is 23.7 Å². The second kappa shape index (κ2) is 13.9. The van der Waals surface area contributed by atoms with Crippen LogP contribution in [-0.4, -0.2) is 58.4 Å². The minimum atomic E-state index is -0.758. The van der Waals surface area contributed by atoms with Crippen molar-refractivity contribution in [3.8, 4) is 0 Å². The lowest BCUT2D eigenvalue weighted by Crippen LogP contribution is -2.65. The second-order valence-electron chi connectivity index (χ2n) is 15.4. The summed E-state index contributed by atoms with van der Waals surface area (Å²) >= 11 is 0. The highest BCUT2D eigenvalue weighted by Crippen LogP contribution is 2.65. The monoisotopic (exact) mass is 630 g/mol. The Morgan fingerprint density at radius 1 is 0.978 bits per heavy atom. The van der Waals surface area contributed by atoms with Crippen molar-refractivity contribution in [3.63, 3.8) is 0 Å². The van der Waals surface area contributed by atoms with Gasteiger partial charge in [-0.3, -0.25) is 19.4 Å². The Kier molecular flexibility index (Phi) is 10.4. The van der Waals surface area contributed by atoms with Crippen LogP contribution >= 0.6 is 0 Å². The van der Waals surface area contributed by atoms with Gasteiger partial charge in [0.1, 0.15) is 5.69 Å². The van der Waals surface area contributed by atoms with Crippen LogP contribution in [-0.2, 0) is 25.3 Å². The van der Waals surface area contributed by atoms with Gasteiger partial charge in [0.2, 0.25) is 5.91 Å². The van der Waals surface area contributed by atoms with E-state index < -0.39 is 25.0 Å². The summed E-state index contributed by atoms with van der Waals surface area (Å²) in [6, 6.07) is 8.99. The summed E-state index contributed by atoms with van der Waals surface area (Å²) < 4.78 is 13.4. The molecule has 6 rings (SSSR count). The molecule has 7 atom stereocenters. The molecule has 0 radical (unpaired) electrons. The molecule has 46 heavy (non-hydrogen) atoms. The molecule has 1 aliphatic heterocycles. The Hall–Kier alpha value is -3.11. The fourth-order valence-corrected chi connectivity index (χ4v) is 8.05. The fourth-order valence-electron chi connectivity index (χ4n) is 8.05. The highest BCUT2D eigenvalue weighted by Gasteiger charge is 2.68. The molecule has 2 heterocycles. The average molecular weight is 631 g/mol. The molecule has 2 amide bonds. The molecule has 1 aromatic carbocycles. The van der Waals surface area contributed by atoms with Crippen molar-refractivity contribution in [2.24, 2.45) is 35.0 Å². The smallest absolute Gasteiger partial charge is 0.404 e. The molecule has 3 saturated carbocycles.